The minimum absolute atomic E-state index is 0. The third-order valence-corrected chi connectivity index (χ3v) is 4.15. The van der Waals surface area contributed by atoms with Gasteiger partial charge in [0.25, 0.3) is 0 Å². The molecule has 2 amide bonds. The fourth-order valence-corrected chi connectivity index (χ4v) is 2.95. The van der Waals surface area contributed by atoms with Gasteiger partial charge in [-0.15, -0.1) is 12.4 Å². The van der Waals surface area contributed by atoms with Crippen LogP contribution in [0.1, 0.15) is 32.6 Å². The van der Waals surface area contributed by atoms with Crippen LogP contribution >= 0.6 is 12.4 Å². The predicted molar refractivity (Wildman–Crippen MR) is 105 cm³/mol. The smallest absolute Gasteiger partial charge is 0.246 e. The number of hydrogen-bond donors (Lipinski definition) is 3. The third-order valence-electron chi connectivity index (χ3n) is 4.15. The van der Waals surface area contributed by atoms with Crippen LogP contribution in [-0.2, 0) is 9.59 Å². The number of likely N-dealkylation sites (N-methyl/N-ethyl adjacent to an activating group) is 1. The number of amides is 2. The highest BCUT2D eigenvalue weighted by atomic mass is 35.5. The van der Waals surface area contributed by atoms with E-state index in [0.29, 0.717) is 6.42 Å². The van der Waals surface area contributed by atoms with Gasteiger partial charge in [-0.1, -0.05) is 19.4 Å². The van der Waals surface area contributed by atoms with Crippen LogP contribution in [0.4, 0.5) is 11.4 Å². The zero-order chi connectivity index (χ0) is 17.4. The van der Waals surface area contributed by atoms with Crippen molar-refractivity contribution in [1.82, 2.24) is 10.6 Å². The summed E-state index contributed by atoms with van der Waals surface area (Å²) in [6.45, 7) is 4.34. The summed E-state index contributed by atoms with van der Waals surface area (Å²) < 4.78 is 0. The molecule has 1 fully saturated rings. The normalized spacial score (nSPS) is 14.6. The molecule has 1 aliphatic heterocycles. The van der Waals surface area contributed by atoms with Crippen molar-refractivity contribution < 1.29 is 9.59 Å². The number of benzene rings is 1. The van der Waals surface area contributed by atoms with Crippen LogP contribution in [0, 0.1) is 0 Å². The average Bonchev–Trinajstić information content (AvgIpc) is 3.09. The molecule has 140 valence electrons. The lowest BCUT2D eigenvalue weighted by Gasteiger charge is -2.20. The maximum Gasteiger partial charge on any atom is 0.246 e. The summed E-state index contributed by atoms with van der Waals surface area (Å²) in [7, 11) is 1.71. The quantitative estimate of drug-likeness (QED) is 0.657. The van der Waals surface area contributed by atoms with Crippen LogP contribution in [0.2, 0.25) is 0 Å². The molecule has 0 bridgehead atoms. The molecule has 1 aromatic rings. The van der Waals surface area contributed by atoms with Gasteiger partial charge in [-0.2, -0.15) is 0 Å². The molecule has 3 N–H and O–H groups in total. The van der Waals surface area contributed by atoms with E-state index < -0.39 is 6.04 Å². The standard InChI is InChI=1S/C18H28N4O2.ClH/c1-3-7-16(21-17(23)13-19-2)18(24)20-14-8-6-9-15(12-14)22-10-4-5-11-22;/h6,8-9,12,16,19H,3-5,7,10-11,13H2,1-2H3,(H,20,24)(H,21,23);1H. The lowest BCUT2D eigenvalue weighted by molar-refractivity contribution is -0.126. The van der Waals surface area contributed by atoms with E-state index in [4.69, 9.17) is 0 Å². The maximum atomic E-state index is 12.5. The van der Waals surface area contributed by atoms with Gasteiger partial charge < -0.3 is 20.9 Å². The number of halogens is 1. The van der Waals surface area contributed by atoms with Crippen LogP contribution in [-0.4, -0.2) is 44.5 Å². The first kappa shape index (κ1) is 21.3. The Balaban J connectivity index is 0.00000312. The Labute approximate surface area is 156 Å². The van der Waals surface area contributed by atoms with Gasteiger partial charge in [-0.25, -0.2) is 0 Å². The largest absolute Gasteiger partial charge is 0.371 e. The van der Waals surface area contributed by atoms with Crippen LogP contribution in [0.15, 0.2) is 24.3 Å². The van der Waals surface area contributed by atoms with Crippen molar-refractivity contribution in [3.05, 3.63) is 24.3 Å². The van der Waals surface area contributed by atoms with E-state index in [0.717, 1.165) is 30.9 Å². The predicted octanol–water partition coefficient (Wildman–Crippen LogP) is 2.15. The first-order valence-electron chi connectivity index (χ1n) is 8.74. The second-order valence-electron chi connectivity index (χ2n) is 6.17. The van der Waals surface area contributed by atoms with E-state index in [1.54, 1.807) is 7.05 Å². The number of hydrogen-bond acceptors (Lipinski definition) is 4. The van der Waals surface area contributed by atoms with Crippen LogP contribution in [0.3, 0.4) is 0 Å². The summed E-state index contributed by atoms with van der Waals surface area (Å²) in [5.74, 6) is -0.336. The van der Waals surface area contributed by atoms with Gasteiger partial charge in [-0.3, -0.25) is 9.59 Å². The van der Waals surface area contributed by atoms with Crippen molar-refractivity contribution in [2.75, 3.05) is 36.9 Å². The molecule has 1 aromatic carbocycles. The Bertz CT molecular complexity index is 562. The Morgan fingerprint density at radius 2 is 1.96 bits per heavy atom. The molecule has 0 aliphatic carbocycles. The van der Waals surface area contributed by atoms with E-state index in [-0.39, 0.29) is 30.8 Å². The maximum absolute atomic E-state index is 12.5. The first-order valence-corrected chi connectivity index (χ1v) is 8.74. The van der Waals surface area contributed by atoms with Crippen molar-refractivity contribution >= 4 is 35.6 Å². The van der Waals surface area contributed by atoms with Crippen LogP contribution < -0.4 is 20.9 Å². The SMILES string of the molecule is CCCC(NC(=O)CNC)C(=O)Nc1cccc(N2CCCC2)c1.Cl. The minimum atomic E-state index is -0.508. The molecule has 7 heteroatoms. The Kier molecular flexibility index (Phi) is 9.31. The summed E-state index contributed by atoms with van der Waals surface area (Å²) in [6, 6.07) is 7.40. The molecular formula is C18H29ClN4O2. The van der Waals surface area contributed by atoms with Gasteiger partial charge in [0.15, 0.2) is 0 Å². The van der Waals surface area contributed by atoms with E-state index in [1.807, 2.05) is 25.1 Å². The van der Waals surface area contributed by atoms with Crippen molar-refractivity contribution in [1.29, 1.82) is 0 Å². The molecule has 0 saturated carbocycles. The van der Waals surface area contributed by atoms with E-state index in [1.165, 1.54) is 12.8 Å². The van der Waals surface area contributed by atoms with Gasteiger partial charge in [0, 0.05) is 24.5 Å². The second-order valence-corrected chi connectivity index (χ2v) is 6.17. The summed E-state index contributed by atoms with van der Waals surface area (Å²) in [6.07, 6.45) is 3.87. The van der Waals surface area contributed by atoms with Crippen molar-refractivity contribution in [2.45, 2.75) is 38.6 Å². The van der Waals surface area contributed by atoms with E-state index >= 15 is 0 Å². The Hall–Kier alpha value is -1.79. The molecule has 1 heterocycles. The molecule has 1 aliphatic rings. The van der Waals surface area contributed by atoms with Crippen molar-refractivity contribution in [3.63, 3.8) is 0 Å². The first-order chi connectivity index (χ1) is 11.6. The molecule has 0 aromatic heterocycles. The van der Waals surface area contributed by atoms with Crippen molar-refractivity contribution in [2.24, 2.45) is 0 Å². The number of nitrogens with one attached hydrogen (secondary N) is 3. The molecule has 0 radical (unpaired) electrons. The lowest BCUT2D eigenvalue weighted by Crippen LogP contribution is -2.46. The fraction of sp³-hybridized carbons (Fsp3) is 0.556. The molecule has 2 rings (SSSR count). The summed E-state index contributed by atoms with van der Waals surface area (Å²) in [4.78, 5) is 26.6. The lowest BCUT2D eigenvalue weighted by atomic mass is 10.1. The van der Waals surface area contributed by atoms with Crippen LogP contribution in [0.25, 0.3) is 0 Å². The number of carbonyl (C=O) groups is 2. The zero-order valence-electron chi connectivity index (χ0n) is 15.0. The molecule has 25 heavy (non-hydrogen) atoms. The summed E-state index contributed by atoms with van der Waals surface area (Å²) in [5, 5.41) is 8.52. The molecule has 6 nitrogen and oxygen atoms in total. The molecular weight excluding hydrogens is 340 g/mol. The highest BCUT2D eigenvalue weighted by molar-refractivity contribution is 5.97. The molecule has 1 atom stereocenters. The van der Waals surface area contributed by atoms with Crippen molar-refractivity contribution in [3.8, 4) is 0 Å². The number of nitrogens with zero attached hydrogens (tertiary/aromatic N) is 1. The monoisotopic (exact) mass is 368 g/mol. The second kappa shape index (κ2) is 10.9. The number of carbonyl (C=O) groups excluding carboxylic acids is 2. The molecule has 0 spiro atoms. The van der Waals surface area contributed by atoms with Gasteiger partial charge in [-0.05, 0) is 44.5 Å². The third kappa shape index (κ3) is 6.55. The van der Waals surface area contributed by atoms with Gasteiger partial charge in [0.2, 0.25) is 11.8 Å². The van der Waals surface area contributed by atoms with E-state index in [2.05, 4.69) is 26.9 Å². The average molecular weight is 369 g/mol. The van der Waals surface area contributed by atoms with Crippen LogP contribution in [0.5, 0.6) is 0 Å². The minimum Gasteiger partial charge on any atom is -0.371 e. The summed E-state index contributed by atoms with van der Waals surface area (Å²) >= 11 is 0. The highest BCUT2D eigenvalue weighted by Crippen LogP contribution is 2.23. The fourth-order valence-electron chi connectivity index (χ4n) is 2.95. The Morgan fingerprint density at radius 1 is 1.24 bits per heavy atom. The van der Waals surface area contributed by atoms with Gasteiger partial charge in [0.05, 0.1) is 6.54 Å². The van der Waals surface area contributed by atoms with Gasteiger partial charge in [0.1, 0.15) is 6.04 Å². The number of rotatable bonds is 8. The Morgan fingerprint density at radius 3 is 2.60 bits per heavy atom. The highest BCUT2D eigenvalue weighted by Gasteiger charge is 2.20. The van der Waals surface area contributed by atoms with E-state index in [9.17, 15) is 9.59 Å². The topological polar surface area (TPSA) is 73.5 Å². The molecule has 1 saturated heterocycles. The van der Waals surface area contributed by atoms with Gasteiger partial charge >= 0.3 is 0 Å². The molecule has 1 unspecified atom stereocenters. The summed E-state index contributed by atoms with van der Waals surface area (Å²) in [5.41, 5.74) is 1.91. The zero-order valence-corrected chi connectivity index (χ0v) is 15.8. The number of anilines is 2.